The number of ether oxygens (including phenoxy) is 3. The summed E-state index contributed by atoms with van der Waals surface area (Å²) in [5.41, 5.74) is 3.57. The first kappa shape index (κ1) is 21.1. The molecule has 148 valence electrons. The van der Waals surface area contributed by atoms with Crippen LogP contribution in [0, 0.1) is 13.8 Å². The Balaban J connectivity index is 2.18. The average Bonchev–Trinajstić information content (AvgIpc) is 3.15. The number of rotatable bonds is 9. The molecule has 6 heteroatoms. The van der Waals surface area contributed by atoms with Gasteiger partial charge in [-0.15, -0.1) is 0 Å². The van der Waals surface area contributed by atoms with Gasteiger partial charge in [-0.05, 0) is 44.4 Å². The number of nitrogens with zero attached hydrogens (tertiary/aromatic N) is 2. The molecule has 0 N–H and O–H groups in total. The van der Waals surface area contributed by atoms with E-state index in [0.29, 0.717) is 32.3 Å². The van der Waals surface area contributed by atoms with Gasteiger partial charge in [0.05, 0.1) is 13.2 Å². The highest BCUT2D eigenvalue weighted by Crippen LogP contribution is 2.27. The number of aromatic nitrogens is 2. The molecule has 0 radical (unpaired) electrons. The Kier molecular flexibility index (Phi) is 8.00. The number of imidazole rings is 1. The number of hydrogen-bond donors (Lipinski definition) is 0. The standard InChI is InChI=1S/C21H30N2O4/c1-6-25-13-18(14-26-7-2)27-21(24)23-12-11-22-20(23)17(5)19-10-8-9-15(3)16(19)4/h8-12,17-18H,6-7,13-14H2,1-5H3/t17-/m0/s1. The van der Waals surface area contributed by atoms with E-state index in [1.807, 2.05) is 26.8 Å². The Labute approximate surface area is 161 Å². The second-order valence-electron chi connectivity index (χ2n) is 6.49. The summed E-state index contributed by atoms with van der Waals surface area (Å²) in [5, 5.41) is 0. The van der Waals surface area contributed by atoms with Crippen LogP contribution in [0.3, 0.4) is 0 Å². The summed E-state index contributed by atoms with van der Waals surface area (Å²) in [6.07, 6.45) is 2.34. The lowest BCUT2D eigenvalue weighted by Crippen LogP contribution is -2.31. The van der Waals surface area contributed by atoms with E-state index in [1.54, 1.807) is 12.4 Å². The first-order valence-corrected chi connectivity index (χ1v) is 9.45. The van der Waals surface area contributed by atoms with Crippen molar-refractivity contribution in [1.29, 1.82) is 0 Å². The van der Waals surface area contributed by atoms with Gasteiger partial charge in [-0.25, -0.2) is 14.3 Å². The maximum atomic E-state index is 12.7. The van der Waals surface area contributed by atoms with Crippen molar-refractivity contribution in [3.05, 3.63) is 53.1 Å². The molecule has 0 fully saturated rings. The van der Waals surface area contributed by atoms with Crippen LogP contribution in [0.25, 0.3) is 0 Å². The van der Waals surface area contributed by atoms with Gasteiger partial charge < -0.3 is 14.2 Å². The molecule has 0 saturated heterocycles. The van der Waals surface area contributed by atoms with Crippen LogP contribution in [-0.4, -0.2) is 48.2 Å². The van der Waals surface area contributed by atoms with Gasteiger partial charge in [-0.3, -0.25) is 0 Å². The van der Waals surface area contributed by atoms with Crippen LogP contribution in [0.5, 0.6) is 0 Å². The topological polar surface area (TPSA) is 62.6 Å². The molecule has 2 rings (SSSR count). The van der Waals surface area contributed by atoms with E-state index < -0.39 is 12.2 Å². The lowest BCUT2D eigenvalue weighted by molar-refractivity contribution is -0.0232. The van der Waals surface area contributed by atoms with Gasteiger partial charge in [0.15, 0.2) is 6.10 Å². The molecule has 0 aliphatic rings. The zero-order valence-corrected chi connectivity index (χ0v) is 16.9. The Morgan fingerprint density at radius 1 is 1.15 bits per heavy atom. The minimum Gasteiger partial charge on any atom is -0.441 e. The lowest BCUT2D eigenvalue weighted by atomic mass is 9.93. The normalized spacial score (nSPS) is 12.4. The number of carbonyl (C=O) groups is 1. The molecule has 0 bridgehead atoms. The molecular formula is C21H30N2O4. The fraction of sp³-hybridized carbons (Fsp3) is 0.524. The monoisotopic (exact) mass is 374 g/mol. The molecule has 0 aliphatic carbocycles. The highest BCUT2D eigenvalue weighted by Gasteiger charge is 2.23. The molecule has 0 spiro atoms. The predicted molar refractivity (Wildman–Crippen MR) is 104 cm³/mol. The molecule has 2 aromatic rings. The second kappa shape index (κ2) is 10.2. The van der Waals surface area contributed by atoms with Crippen LogP contribution in [0.4, 0.5) is 4.79 Å². The van der Waals surface area contributed by atoms with Crippen molar-refractivity contribution in [3.63, 3.8) is 0 Å². The molecule has 0 saturated carbocycles. The molecule has 27 heavy (non-hydrogen) atoms. The van der Waals surface area contributed by atoms with E-state index >= 15 is 0 Å². The summed E-state index contributed by atoms with van der Waals surface area (Å²) < 4.78 is 17.9. The van der Waals surface area contributed by atoms with Crippen LogP contribution in [0.15, 0.2) is 30.6 Å². The van der Waals surface area contributed by atoms with Crippen molar-refractivity contribution in [2.24, 2.45) is 0 Å². The van der Waals surface area contributed by atoms with Crippen molar-refractivity contribution >= 4 is 6.09 Å². The number of aryl methyl sites for hydroxylation is 1. The summed E-state index contributed by atoms with van der Waals surface area (Å²) in [4.78, 5) is 17.2. The van der Waals surface area contributed by atoms with Crippen LogP contribution in [-0.2, 0) is 14.2 Å². The van der Waals surface area contributed by atoms with Crippen molar-refractivity contribution in [2.75, 3.05) is 26.4 Å². The molecule has 1 atom stereocenters. The molecule has 1 heterocycles. The summed E-state index contributed by atoms with van der Waals surface area (Å²) in [6.45, 7) is 11.7. The van der Waals surface area contributed by atoms with E-state index in [0.717, 1.165) is 5.56 Å². The highest BCUT2D eigenvalue weighted by molar-refractivity contribution is 5.71. The highest BCUT2D eigenvalue weighted by atomic mass is 16.6. The number of hydrogen-bond acceptors (Lipinski definition) is 5. The number of benzene rings is 1. The van der Waals surface area contributed by atoms with Crippen LogP contribution in [0.2, 0.25) is 0 Å². The predicted octanol–water partition coefficient (Wildman–Crippen LogP) is 4.08. The smallest absolute Gasteiger partial charge is 0.419 e. The SMILES string of the molecule is CCOCC(COCC)OC(=O)n1ccnc1[C@@H](C)c1cccc(C)c1C. The van der Waals surface area contributed by atoms with Crippen molar-refractivity contribution in [1.82, 2.24) is 9.55 Å². The van der Waals surface area contributed by atoms with Gasteiger partial charge >= 0.3 is 6.09 Å². The third-order valence-corrected chi connectivity index (χ3v) is 4.65. The van der Waals surface area contributed by atoms with Crippen LogP contribution >= 0.6 is 0 Å². The minimum atomic E-state index is -0.468. The van der Waals surface area contributed by atoms with Crippen molar-refractivity contribution in [3.8, 4) is 0 Å². The van der Waals surface area contributed by atoms with E-state index in [9.17, 15) is 4.79 Å². The Morgan fingerprint density at radius 3 is 2.44 bits per heavy atom. The Hall–Kier alpha value is -2.18. The summed E-state index contributed by atoms with van der Waals surface area (Å²) >= 11 is 0. The zero-order valence-electron chi connectivity index (χ0n) is 16.9. The van der Waals surface area contributed by atoms with Gasteiger partial charge in [0.2, 0.25) is 0 Å². The second-order valence-corrected chi connectivity index (χ2v) is 6.49. The average molecular weight is 374 g/mol. The minimum absolute atomic E-state index is 0.0373. The molecule has 1 aromatic heterocycles. The van der Waals surface area contributed by atoms with Gasteiger partial charge in [0, 0.05) is 31.5 Å². The first-order valence-electron chi connectivity index (χ1n) is 9.45. The molecule has 0 unspecified atom stereocenters. The van der Waals surface area contributed by atoms with Gasteiger partial charge in [0.1, 0.15) is 5.82 Å². The summed E-state index contributed by atoms with van der Waals surface area (Å²) in [5.74, 6) is 0.616. The third kappa shape index (κ3) is 5.40. The Bertz CT molecular complexity index is 734. The van der Waals surface area contributed by atoms with E-state index in [2.05, 4.69) is 31.0 Å². The number of carbonyl (C=O) groups excluding carboxylic acids is 1. The van der Waals surface area contributed by atoms with Crippen molar-refractivity contribution < 1.29 is 19.0 Å². The van der Waals surface area contributed by atoms with Crippen LogP contribution < -0.4 is 0 Å². The maximum Gasteiger partial charge on any atom is 0.419 e. The van der Waals surface area contributed by atoms with Crippen molar-refractivity contribution in [2.45, 2.75) is 46.6 Å². The van der Waals surface area contributed by atoms with Gasteiger partial charge in [-0.2, -0.15) is 0 Å². The largest absolute Gasteiger partial charge is 0.441 e. The Morgan fingerprint density at radius 2 is 1.81 bits per heavy atom. The lowest BCUT2D eigenvalue weighted by Gasteiger charge is -2.20. The molecule has 6 nitrogen and oxygen atoms in total. The molecule has 0 aliphatic heterocycles. The molecule has 1 aromatic carbocycles. The zero-order chi connectivity index (χ0) is 19.8. The van der Waals surface area contributed by atoms with E-state index in [4.69, 9.17) is 14.2 Å². The first-order chi connectivity index (χ1) is 13.0. The quantitative estimate of drug-likeness (QED) is 0.662. The fourth-order valence-corrected chi connectivity index (χ4v) is 2.99. The van der Waals surface area contributed by atoms with E-state index in [1.165, 1.54) is 15.7 Å². The van der Waals surface area contributed by atoms with Crippen LogP contribution in [0.1, 0.15) is 49.2 Å². The fourth-order valence-electron chi connectivity index (χ4n) is 2.99. The summed E-state index contributed by atoms with van der Waals surface area (Å²) in [7, 11) is 0. The molecular weight excluding hydrogens is 344 g/mol. The molecule has 0 amide bonds. The third-order valence-electron chi connectivity index (χ3n) is 4.65. The van der Waals surface area contributed by atoms with Gasteiger partial charge in [0.25, 0.3) is 0 Å². The van der Waals surface area contributed by atoms with E-state index in [-0.39, 0.29) is 5.92 Å². The summed E-state index contributed by atoms with van der Waals surface area (Å²) in [6, 6.07) is 6.18. The maximum absolute atomic E-state index is 12.7. The van der Waals surface area contributed by atoms with Gasteiger partial charge in [-0.1, -0.05) is 25.1 Å².